The summed E-state index contributed by atoms with van der Waals surface area (Å²) in [6.45, 7) is 0. The summed E-state index contributed by atoms with van der Waals surface area (Å²) in [6.07, 6.45) is 1.88. The van der Waals surface area contributed by atoms with Gasteiger partial charge in [-0.2, -0.15) is 15.0 Å². The minimum absolute atomic E-state index is 0.360. The zero-order valence-corrected chi connectivity index (χ0v) is 7.64. The summed E-state index contributed by atoms with van der Waals surface area (Å²) in [7, 11) is 1.74. The molecular weight excluding hydrogens is 176 g/mol. The largest absolute Gasteiger partial charge is 0.357 e. The third kappa shape index (κ3) is 1.95. The Morgan fingerprint density at radius 3 is 2.42 bits per heavy atom. The van der Waals surface area contributed by atoms with E-state index in [-0.39, 0.29) is 0 Å². The van der Waals surface area contributed by atoms with Crippen LogP contribution in [0.15, 0.2) is 5.16 Å². The fourth-order valence-corrected chi connectivity index (χ4v) is 0.980. The van der Waals surface area contributed by atoms with Crippen LogP contribution in [-0.2, 0) is 0 Å². The summed E-state index contributed by atoms with van der Waals surface area (Å²) in [5.74, 6) is 6.02. The van der Waals surface area contributed by atoms with Gasteiger partial charge in [-0.15, -0.1) is 0 Å². The van der Waals surface area contributed by atoms with Gasteiger partial charge in [0.1, 0.15) is 0 Å². The number of nitrogens with two attached hydrogens (primary N) is 1. The molecule has 66 valence electrons. The topological polar surface area (TPSA) is 88.8 Å². The molecular formula is C5H10N6S. The highest BCUT2D eigenvalue weighted by atomic mass is 32.2. The number of nitrogen functional groups attached to an aromatic ring is 1. The number of hydrogen-bond donors (Lipinski definition) is 3. The number of aromatic nitrogens is 3. The van der Waals surface area contributed by atoms with Crippen molar-refractivity contribution in [3.05, 3.63) is 0 Å². The summed E-state index contributed by atoms with van der Waals surface area (Å²) in [6, 6.07) is 0. The van der Waals surface area contributed by atoms with Gasteiger partial charge in [-0.1, -0.05) is 11.8 Å². The maximum atomic E-state index is 5.16. The molecule has 0 unspecified atom stereocenters. The van der Waals surface area contributed by atoms with Gasteiger partial charge in [0, 0.05) is 7.05 Å². The maximum Gasteiger partial charge on any atom is 0.242 e. The molecule has 0 saturated heterocycles. The Bertz CT molecular complexity index is 209. The molecule has 0 saturated carbocycles. The second kappa shape index (κ2) is 4.07. The van der Waals surface area contributed by atoms with Crippen molar-refractivity contribution in [1.29, 1.82) is 0 Å². The van der Waals surface area contributed by atoms with Crippen molar-refractivity contribution in [2.75, 3.05) is 24.0 Å². The van der Waals surface area contributed by atoms with Crippen molar-refractivity contribution in [3.8, 4) is 0 Å². The predicted molar refractivity (Wildman–Crippen MR) is 49.0 cm³/mol. The van der Waals surface area contributed by atoms with Gasteiger partial charge in [0.05, 0.1) is 0 Å². The van der Waals surface area contributed by atoms with E-state index < -0.39 is 0 Å². The van der Waals surface area contributed by atoms with E-state index in [9.17, 15) is 0 Å². The quantitative estimate of drug-likeness (QED) is 0.345. The van der Waals surface area contributed by atoms with E-state index in [1.807, 2.05) is 6.26 Å². The summed E-state index contributed by atoms with van der Waals surface area (Å²) >= 11 is 1.43. The Balaban J connectivity index is 3.01. The molecule has 0 bridgehead atoms. The predicted octanol–water partition coefficient (Wildman–Crippen LogP) is -0.0792. The van der Waals surface area contributed by atoms with Crippen LogP contribution in [0.2, 0.25) is 0 Å². The van der Waals surface area contributed by atoms with Gasteiger partial charge in [0.15, 0.2) is 5.16 Å². The molecule has 0 aliphatic rings. The molecule has 1 aromatic rings. The molecule has 4 N–H and O–H groups in total. The van der Waals surface area contributed by atoms with Crippen LogP contribution in [0.3, 0.4) is 0 Å². The standard InChI is InChI=1S/C5H10N6S/c1-7-3-8-4(11-6)10-5(9-3)12-2/h6H2,1-2H3,(H2,7,8,9,10,11). The zero-order valence-electron chi connectivity index (χ0n) is 6.83. The Labute approximate surface area is 74.4 Å². The van der Waals surface area contributed by atoms with Crippen LogP contribution in [0.4, 0.5) is 11.9 Å². The molecule has 0 aliphatic carbocycles. The van der Waals surface area contributed by atoms with Crippen LogP contribution in [0.5, 0.6) is 0 Å². The Morgan fingerprint density at radius 1 is 1.25 bits per heavy atom. The maximum absolute atomic E-state index is 5.16. The van der Waals surface area contributed by atoms with Gasteiger partial charge in [-0.3, -0.25) is 5.43 Å². The first-order chi connectivity index (χ1) is 5.80. The Kier molecular flexibility index (Phi) is 3.06. The molecule has 7 heteroatoms. The van der Waals surface area contributed by atoms with Crippen molar-refractivity contribution >= 4 is 23.7 Å². The lowest BCUT2D eigenvalue weighted by atomic mass is 10.9. The molecule has 0 fully saturated rings. The van der Waals surface area contributed by atoms with Gasteiger partial charge >= 0.3 is 0 Å². The molecule has 0 amide bonds. The number of nitrogens with zero attached hydrogens (tertiary/aromatic N) is 3. The second-order valence-electron chi connectivity index (χ2n) is 1.86. The Morgan fingerprint density at radius 2 is 1.92 bits per heavy atom. The van der Waals surface area contributed by atoms with E-state index in [1.54, 1.807) is 7.05 Å². The smallest absolute Gasteiger partial charge is 0.242 e. The van der Waals surface area contributed by atoms with Gasteiger partial charge in [0.25, 0.3) is 0 Å². The molecule has 0 aliphatic heterocycles. The first-order valence-electron chi connectivity index (χ1n) is 3.24. The molecule has 1 heterocycles. The Hall–Kier alpha value is -1.08. The van der Waals surface area contributed by atoms with Gasteiger partial charge in [0.2, 0.25) is 11.9 Å². The first kappa shape index (κ1) is 9.01. The van der Waals surface area contributed by atoms with Crippen LogP contribution < -0.4 is 16.6 Å². The van der Waals surface area contributed by atoms with Gasteiger partial charge in [-0.25, -0.2) is 5.84 Å². The fourth-order valence-electron chi connectivity index (χ4n) is 0.624. The lowest BCUT2D eigenvalue weighted by Gasteiger charge is -2.03. The number of hydrazine groups is 1. The lowest BCUT2D eigenvalue weighted by Crippen LogP contribution is -2.12. The molecule has 0 radical (unpaired) electrons. The van der Waals surface area contributed by atoms with E-state index in [4.69, 9.17) is 5.84 Å². The average molecular weight is 186 g/mol. The molecule has 0 spiro atoms. The molecule has 1 aromatic heterocycles. The average Bonchev–Trinajstić information content (AvgIpc) is 2.16. The second-order valence-corrected chi connectivity index (χ2v) is 2.64. The van der Waals surface area contributed by atoms with E-state index in [2.05, 4.69) is 25.7 Å². The molecule has 6 nitrogen and oxygen atoms in total. The summed E-state index contributed by atoms with van der Waals surface area (Å²) in [4.78, 5) is 12.0. The number of rotatable bonds is 3. The van der Waals surface area contributed by atoms with E-state index in [0.29, 0.717) is 17.1 Å². The van der Waals surface area contributed by atoms with Crippen molar-refractivity contribution in [2.24, 2.45) is 5.84 Å². The molecule has 12 heavy (non-hydrogen) atoms. The number of anilines is 2. The lowest BCUT2D eigenvalue weighted by molar-refractivity contribution is 0.908. The highest BCUT2D eigenvalue weighted by molar-refractivity contribution is 7.98. The van der Waals surface area contributed by atoms with Crippen LogP contribution >= 0.6 is 11.8 Å². The van der Waals surface area contributed by atoms with Crippen LogP contribution in [0.1, 0.15) is 0 Å². The molecule has 0 atom stereocenters. The van der Waals surface area contributed by atoms with Crippen molar-refractivity contribution in [2.45, 2.75) is 5.16 Å². The monoisotopic (exact) mass is 186 g/mol. The minimum atomic E-state index is 0.360. The van der Waals surface area contributed by atoms with Gasteiger partial charge in [-0.05, 0) is 6.26 Å². The number of nitrogens with one attached hydrogen (secondary N) is 2. The van der Waals surface area contributed by atoms with Crippen molar-refractivity contribution in [3.63, 3.8) is 0 Å². The first-order valence-corrected chi connectivity index (χ1v) is 4.47. The van der Waals surface area contributed by atoms with E-state index in [0.717, 1.165) is 0 Å². The minimum Gasteiger partial charge on any atom is -0.357 e. The summed E-state index contributed by atoms with van der Waals surface area (Å²) in [5, 5.41) is 3.43. The summed E-state index contributed by atoms with van der Waals surface area (Å²) in [5.41, 5.74) is 2.36. The van der Waals surface area contributed by atoms with Crippen LogP contribution in [0, 0.1) is 0 Å². The van der Waals surface area contributed by atoms with Crippen molar-refractivity contribution < 1.29 is 0 Å². The fraction of sp³-hybridized carbons (Fsp3) is 0.400. The van der Waals surface area contributed by atoms with Crippen LogP contribution in [0.25, 0.3) is 0 Å². The third-order valence-electron chi connectivity index (χ3n) is 1.15. The normalized spacial score (nSPS) is 9.58. The number of thioether (sulfide) groups is 1. The highest BCUT2D eigenvalue weighted by Crippen LogP contribution is 2.11. The zero-order chi connectivity index (χ0) is 8.97. The van der Waals surface area contributed by atoms with Crippen LogP contribution in [-0.4, -0.2) is 28.3 Å². The van der Waals surface area contributed by atoms with Crippen molar-refractivity contribution in [1.82, 2.24) is 15.0 Å². The van der Waals surface area contributed by atoms with Gasteiger partial charge < -0.3 is 5.32 Å². The molecule has 1 rings (SSSR count). The van der Waals surface area contributed by atoms with E-state index >= 15 is 0 Å². The van der Waals surface area contributed by atoms with E-state index in [1.165, 1.54) is 11.8 Å². The molecule has 0 aromatic carbocycles. The highest BCUT2D eigenvalue weighted by Gasteiger charge is 2.01. The third-order valence-corrected chi connectivity index (χ3v) is 1.70. The number of hydrogen-bond acceptors (Lipinski definition) is 7. The SMILES string of the molecule is CNc1nc(NN)nc(SC)n1. The summed E-state index contributed by atoms with van der Waals surface area (Å²) < 4.78 is 0.